The molecule has 0 amide bonds. The average molecular weight is 308 g/mol. The summed E-state index contributed by atoms with van der Waals surface area (Å²) in [6.07, 6.45) is 0. The van der Waals surface area contributed by atoms with E-state index in [1.54, 1.807) is 0 Å². The van der Waals surface area contributed by atoms with Gasteiger partial charge in [-0.2, -0.15) is 0 Å². The first-order chi connectivity index (χ1) is 0. The van der Waals surface area contributed by atoms with Crippen molar-refractivity contribution in [3.63, 3.8) is 0 Å². The van der Waals surface area contributed by atoms with Crippen LogP contribution in [0.2, 0.25) is 0 Å². The number of hydrogen-bond acceptors (Lipinski definition) is 0. The normalized spacial score (nSPS) is 0. The fourth-order valence-electron chi connectivity index (χ4n) is 0. The van der Waals surface area contributed by atoms with E-state index in [-0.39, 0.29) is 131 Å². The van der Waals surface area contributed by atoms with E-state index in [0.717, 1.165) is 0 Å². The van der Waals surface area contributed by atoms with Crippen molar-refractivity contribution in [2.75, 3.05) is 0 Å². The van der Waals surface area contributed by atoms with Crippen molar-refractivity contribution in [2.45, 2.75) is 0 Å². The second-order valence-electron chi connectivity index (χ2n) is 0. The van der Waals surface area contributed by atoms with Crippen LogP contribution in [0.3, 0.4) is 0 Å². The zero-order valence-electron chi connectivity index (χ0n) is 3.49. The molecule has 7 heteroatoms. The molecule has 0 N–H and O–H groups in total. The van der Waals surface area contributed by atoms with E-state index in [1.807, 2.05) is 0 Å². The maximum atomic E-state index is 0. The molecule has 0 saturated carbocycles. The Morgan fingerprint density at radius 3 is 0.429 bits per heavy atom. The third-order valence-corrected chi connectivity index (χ3v) is 0. The monoisotopic (exact) mass is 306 g/mol. The number of hydrogen-bond donors (Lipinski definition) is 0. The Morgan fingerprint density at radius 1 is 0.429 bits per heavy atom. The van der Waals surface area contributed by atoms with E-state index >= 15 is 0 Å². The van der Waals surface area contributed by atoms with Crippen molar-refractivity contribution in [3.05, 3.63) is 0 Å². The Bertz CT molecular complexity index is 9.65. The summed E-state index contributed by atoms with van der Waals surface area (Å²) in [6.45, 7) is 0. The van der Waals surface area contributed by atoms with Crippen LogP contribution in [0.15, 0.2) is 0 Å². The molecule has 0 nitrogen and oxygen atoms in total. The minimum atomic E-state index is 0. The Hall–Kier alpha value is 3.93. The summed E-state index contributed by atoms with van der Waals surface area (Å²) in [5.74, 6) is 0. The first-order valence-electron chi connectivity index (χ1n) is 0. The summed E-state index contributed by atoms with van der Waals surface area (Å²) in [5, 5.41) is 0. The van der Waals surface area contributed by atoms with Gasteiger partial charge in [0.15, 0.2) is 0 Å². The third-order valence-electron chi connectivity index (χ3n) is 0. The fourth-order valence-corrected chi connectivity index (χ4v) is 0. The zero-order valence-corrected chi connectivity index (χ0v) is 13.8. The van der Waals surface area contributed by atoms with Crippen LogP contribution in [-0.4, -0.2) is 77.3 Å². The molecule has 32 valence electrons. The van der Waals surface area contributed by atoms with Crippen LogP contribution in [0.25, 0.3) is 0 Å². The summed E-state index contributed by atoms with van der Waals surface area (Å²) in [6, 6.07) is 0. The Morgan fingerprint density at radius 2 is 0.429 bits per heavy atom. The summed E-state index contributed by atoms with van der Waals surface area (Å²) >= 11 is 0. The molecule has 0 spiro atoms. The van der Waals surface area contributed by atoms with E-state index in [9.17, 15) is 0 Å². The predicted molar refractivity (Wildman–Crippen MR) is 46.7 cm³/mol. The van der Waals surface area contributed by atoms with Crippen molar-refractivity contribution >= 4 is 131 Å². The third kappa shape index (κ3) is 40.4. The van der Waals surface area contributed by atoms with Crippen LogP contribution < -0.4 is 0 Å². The zero-order chi connectivity index (χ0) is 0. The van der Waals surface area contributed by atoms with Gasteiger partial charge in [-0.05, 0) is 0 Å². The van der Waals surface area contributed by atoms with E-state index in [0.29, 0.717) is 0 Å². The van der Waals surface area contributed by atoms with Gasteiger partial charge in [-0.25, -0.2) is 0 Å². The van der Waals surface area contributed by atoms with Gasteiger partial charge in [-0.15, -0.1) is 0 Å². The second kappa shape index (κ2) is 51.2. The van der Waals surface area contributed by atoms with E-state index in [4.69, 9.17) is 0 Å². The summed E-state index contributed by atoms with van der Waals surface area (Å²) in [5.41, 5.74) is 0. The van der Waals surface area contributed by atoms with Crippen molar-refractivity contribution in [3.8, 4) is 0 Å². The summed E-state index contributed by atoms with van der Waals surface area (Å²) < 4.78 is 0. The Kier molecular flexibility index (Phi) is 511. The quantitative estimate of drug-likeness (QED) is 0.496. The van der Waals surface area contributed by atoms with Crippen molar-refractivity contribution in [1.29, 1.82) is 0 Å². The maximum absolute atomic E-state index is 0. The van der Waals surface area contributed by atoms with Gasteiger partial charge >= 0.3 is 77.3 Å². The first kappa shape index (κ1) is 69.7. The predicted octanol–water partition coefficient (Wildman–Crippen LogP) is -1.15. The Labute approximate surface area is 129 Å². The molecule has 0 aliphatic heterocycles. The molecule has 0 saturated heterocycles. The Balaban J connectivity index is 0. The minimum absolute atomic E-state index is 0. The van der Waals surface area contributed by atoms with Gasteiger partial charge in [0.05, 0.1) is 0 Å². The van der Waals surface area contributed by atoms with Crippen LogP contribution >= 0.6 is 0 Å². The molecule has 0 atom stereocenters. The largest absolute Gasteiger partial charge is 3.00 e. The van der Waals surface area contributed by atoms with Gasteiger partial charge in [0.2, 0.25) is 0 Å². The van der Waals surface area contributed by atoms with Gasteiger partial charge in [0.25, 0.3) is 0 Å². The molecule has 0 aromatic heterocycles. The van der Waals surface area contributed by atoms with Crippen LogP contribution in [0.1, 0.15) is 0 Å². The van der Waals surface area contributed by atoms with Crippen LogP contribution in [-0.2, 0) is 54.0 Å². The molecule has 0 aromatic carbocycles. The van der Waals surface area contributed by atoms with Crippen LogP contribution in [0.4, 0.5) is 0 Å². The molecule has 0 unspecified atom stereocenters. The van der Waals surface area contributed by atoms with E-state index < -0.39 is 0 Å². The fraction of sp³-hybridized carbons (Fsp3) is 0. The van der Waals surface area contributed by atoms with Gasteiger partial charge < -0.3 is 54.0 Å². The molecular weight excluding hydrogens is 308 g/mol. The van der Waals surface area contributed by atoms with E-state index in [1.165, 1.54) is 0 Å². The molecule has 0 aromatic rings. The second-order valence-corrected chi connectivity index (χ2v) is 0. The summed E-state index contributed by atoms with van der Waals surface area (Å²) in [4.78, 5) is 0. The standard InChI is InChI=1S/Ca.2Ga.4S/q+2;2*+3;4*-2. The molecule has 0 heterocycles. The minimum Gasteiger partial charge on any atom is -2.00 e. The molecule has 0 radical (unpaired) electrons. The molecule has 0 bridgehead atoms. The molecule has 7 heavy (non-hydrogen) atoms. The molecular formula is CaGa2S4. The molecule has 0 aliphatic rings. The molecule has 0 aliphatic carbocycles. The van der Waals surface area contributed by atoms with Crippen molar-refractivity contribution < 1.29 is 0 Å². The number of rotatable bonds is 0. The maximum Gasteiger partial charge on any atom is 3.00 e. The van der Waals surface area contributed by atoms with Crippen LogP contribution in [0, 0.1) is 0 Å². The van der Waals surface area contributed by atoms with Crippen LogP contribution in [0.5, 0.6) is 0 Å². The topological polar surface area (TPSA) is 0 Å². The molecule has 0 fully saturated rings. The van der Waals surface area contributed by atoms with Crippen molar-refractivity contribution in [1.82, 2.24) is 0 Å². The SMILES string of the molecule is [Ca+2].[Ga+3].[Ga+3].[S-2].[S-2].[S-2].[S-2]. The van der Waals surface area contributed by atoms with Gasteiger partial charge in [0, 0.05) is 0 Å². The van der Waals surface area contributed by atoms with E-state index in [2.05, 4.69) is 0 Å². The smallest absolute Gasteiger partial charge is 2.00 e. The van der Waals surface area contributed by atoms with Gasteiger partial charge in [-0.1, -0.05) is 0 Å². The molecule has 0 rings (SSSR count). The van der Waals surface area contributed by atoms with Crippen molar-refractivity contribution in [2.24, 2.45) is 0 Å². The summed E-state index contributed by atoms with van der Waals surface area (Å²) in [7, 11) is 0. The first-order valence-corrected chi connectivity index (χ1v) is 0. The van der Waals surface area contributed by atoms with Gasteiger partial charge in [0.1, 0.15) is 0 Å². The van der Waals surface area contributed by atoms with Gasteiger partial charge in [-0.3, -0.25) is 0 Å². The average Bonchev–Trinajstić information content (AvgIpc) is 0.